The second kappa shape index (κ2) is 6.44. The summed E-state index contributed by atoms with van der Waals surface area (Å²) in [5.74, 6) is 1.44. The van der Waals surface area contributed by atoms with Gasteiger partial charge in [0.05, 0.1) is 0 Å². The number of ether oxygens (including phenoxy) is 1. The molecule has 0 aliphatic carbocycles. The second-order valence-electron chi connectivity index (χ2n) is 6.07. The van der Waals surface area contributed by atoms with Crippen LogP contribution in [0.5, 0.6) is 0 Å². The Hall–Kier alpha value is -0.940. The van der Waals surface area contributed by atoms with E-state index in [9.17, 15) is 0 Å². The van der Waals surface area contributed by atoms with Crippen LogP contribution < -0.4 is 0 Å². The van der Waals surface area contributed by atoms with Gasteiger partial charge in [-0.3, -0.25) is 9.99 Å². The van der Waals surface area contributed by atoms with Crippen LogP contribution in [0.25, 0.3) is 0 Å². The molecule has 5 heteroatoms. The van der Waals surface area contributed by atoms with E-state index in [0.29, 0.717) is 17.8 Å². The second-order valence-corrected chi connectivity index (χ2v) is 7.09. The lowest BCUT2D eigenvalue weighted by Gasteiger charge is -2.35. The maximum Gasteiger partial charge on any atom is 0.112 e. The number of hydrogen-bond donors (Lipinski definition) is 0. The highest BCUT2D eigenvalue weighted by molar-refractivity contribution is 9.09. The average Bonchev–Trinajstić information content (AvgIpc) is 2.88. The highest BCUT2D eigenvalue weighted by Crippen LogP contribution is 2.41. The third kappa shape index (κ3) is 3.29. The fourth-order valence-corrected chi connectivity index (χ4v) is 4.19. The van der Waals surface area contributed by atoms with Crippen molar-refractivity contribution in [3.05, 3.63) is 29.6 Å². The molecule has 0 spiro atoms. The van der Waals surface area contributed by atoms with Gasteiger partial charge in [-0.1, -0.05) is 22.0 Å². The lowest BCUT2D eigenvalue weighted by molar-refractivity contribution is 0.0356. The fourth-order valence-electron chi connectivity index (χ4n) is 3.52. The monoisotopic (exact) mass is 351 g/mol. The zero-order chi connectivity index (χ0) is 14.8. The summed E-state index contributed by atoms with van der Waals surface area (Å²) < 4.78 is 5.66. The number of rotatable bonds is 3. The number of alkyl halides is 1. The summed E-state index contributed by atoms with van der Waals surface area (Å²) >= 11 is 3.62. The fraction of sp³-hybridized carbons (Fsp3) is 0.625. The van der Waals surface area contributed by atoms with Crippen molar-refractivity contribution in [2.75, 3.05) is 20.2 Å². The van der Waals surface area contributed by atoms with Crippen LogP contribution in [0.1, 0.15) is 30.0 Å². The molecule has 1 aromatic heterocycles. The van der Waals surface area contributed by atoms with Crippen LogP contribution in [0.3, 0.4) is 0 Å². The average molecular weight is 352 g/mol. The molecule has 2 aliphatic rings. The summed E-state index contributed by atoms with van der Waals surface area (Å²) in [5, 5.41) is 6.64. The van der Waals surface area contributed by atoms with Gasteiger partial charge >= 0.3 is 0 Å². The van der Waals surface area contributed by atoms with Gasteiger partial charge in [0, 0.05) is 50.1 Å². The van der Waals surface area contributed by atoms with E-state index in [2.05, 4.69) is 40.2 Å². The predicted octanol–water partition coefficient (Wildman–Crippen LogP) is 3.17. The Morgan fingerprint density at radius 2 is 2.33 bits per heavy atom. The molecule has 0 radical (unpaired) electrons. The molecule has 3 rings (SSSR count). The minimum Gasteiger partial charge on any atom is -0.367 e. The van der Waals surface area contributed by atoms with Crippen LogP contribution in [0, 0.1) is 18.8 Å². The number of aromatic nitrogens is 1. The number of hydrogen-bond acceptors (Lipinski definition) is 4. The van der Waals surface area contributed by atoms with E-state index in [1.165, 1.54) is 11.3 Å². The minimum absolute atomic E-state index is 0.166. The van der Waals surface area contributed by atoms with E-state index >= 15 is 0 Å². The maximum absolute atomic E-state index is 5.66. The number of aryl methyl sites for hydroxylation is 1. The zero-order valence-electron chi connectivity index (χ0n) is 12.6. The van der Waals surface area contributed by atoms with Crippen molar-refractivity contribution in [3.8, 4) is 0 Å². The summed E-state index contributed by atoms with van der Waals surface area (Å²) in [6.45, 7) is 3.96. The molecular formula is C16H22BrN3O. The van der Waals surface area contributed by atoms with Crippen LogP contribution in [0.2, 0.25) is 0 Å². The van der Waals surface area contributed by atoms with Crippen molar-refractivity contribution >= 4 is 22.1 Å². The van der Waals surface area contributed by atoms with E-state index in [1.54, 1.807) is 0 Å². The molecule has 0 bridgehead atoms. The van der Waals surface area contributed by atoms with Crippen LogP contribution >= 0.6 is 15.9 Å². The van der Waals surface area contributed by atoms with Gasteiger partial charge in [-0.15, -0.1) is 0 Å². The first kappa shape index (κ1) is 15.0. The Kier molecular flexibility index (Phi) is 4.60. The van der Waals surface area contributed by atoms with Gasteiger partial charge in [-0.25, -0.2) is 0 Å². The highest BCUT2D eigenvalue weighted by Gasteiger charge is 2.37. The molecule has 0 saturated carbocycles. The lowest BCUT2D eigenvalue weighted by atomic mass is 9.75. The van der Waals surface area contributed by atoms with Crippen LogP contribution in [-0.4, -0.2) is 41.4 Å². The van der Waals surface area contributed by atoms with Gasteiger partial charge in [-0.2, -0.15) is 5.10 Å². The lowest BCUT2D eigenvalue weighted by Crippen LogP contribution is -2.33. The Morgan fingerprint density at radius 3 is 3.00 bits per heavy atom. The molecule has 4 unspecified atom stereocenters. The standard InChI is InChI=1S/C16H22BrN3O/c1-11-4-3-6-18-16(11)15(13-9-19-20(2)10-13)12-5-7-21-14(17)8-12/h3-4,6,9,12-15H,5,7-8,10H2,1-2H3. The largest absolute Gasteiger partial charge is 0.367 e. The van der Waals surface area contributed by atoms with E-state index in [4.69, 9.17) is 9.72 Å². The van der Waals surface area contributed by atoms with E-state index < -0.39 is 0 Å². The number of halogens is 1. The smallest absolute Gasteiger partial charge is 0.112 e. The normalized spacial score (nSPS) is 30.6. The molecule has 0 aromatic carbocycles. The Balaban J connectivity index is 1.91. The van der Waals surface area contributed by atoms with E-state index in [1.807, 2.05) is 24.3 Å². The minimum atomic E-state index is 0.166. The van der Waals surface area contributed by atoms with Crippen molar-refractivity contribution in [3.63, 3.8) is 0 Å². The molecule has 114 valence electrons. The van der Waals surface area contributed by atoms with Crippen LogP contribution in [0.15, 0.2) is 23.4 Å². The number of nitrogens with zero attached hydrogens (tertiary/aromatic N) is 3. The van der Waals surface area contributed by atoms with Gasteiger partial charge in [0.1, 0.15) is 5.01 Å². The molecule has 4 nitrogen and oxygen atoms in total. The van der Waals surface area contributed by atoms with Gasteiger partial charge < -0.3 is 4.74 Å². The molecule has 4 atom stereocenters. The molecule has 1 aromatic rings. The summed E-state index contributed by atoms with van der Waals surface area (Å²) in [5.41, 5.74) is 2.51. The Morgan fingerprint density at radius 1 is 1.48 bits per heavy atom. The van der Waals surface area contributed by atoms with Crippen molar-refractivity contribution in [1.82, 2.24) is 9.99 Å². The maximum atomic E-state index is 5.66. The Bertz CT molecular complexity index is 522. The van der Waals surface area contributed by atoms with Crippen molar-refractivity contribution < 1.29 is 4.74 Å². The summed E-state index contributed by atoms with van der Waals surface area (Å²) in [6.07, 6.45) is 6.15. The molecule has 0 amide bonds. The zero-order valence-corrected chi connectivity index (χ0v) is 14.2. The van der Waals surface area contributed by atoms with Crippen molar-refractivity contribution in [1.29, 1.82) is 0 Å². The molecule has 2 aliphatic heterocycles. The first-order valence-electron chi connectivity index (χ1n) is 7.57. The molecule has 1 saturated heterocycles. The Labute approximate surface area is 134 Å². The molecular weight excluding hydrogens is 330 g/mol. The summed E-state index contributed by atoms with van der Waals surface area (Å²) in [4.78, 5) is 4.71. The van der Waals surface area contributed by atoms with Gasteiger partial charge in [-0.05, 0) is 37.3 Å². The van der Waals surface area contributed by atoms with E-state index in [-0.39, 0.29) is 5.01 Å². The summed E-state index contributed by atoms with van der Waals surface area (Å²) in [6, 6.07) is 4.18. The third-order valence-corrected chi connectivity index (χ3v) is 5.18. The third-order valence-electron chi connectivity index (χ3n) is 4.54. The molecule has 0 N–H and O–H groups in total. The van der Waals surface area contributed by atoms with Gasteiger partial charge in [0.15, 0.2) is 0 Å². The van der Waals surface area contributed by atoms with Crippen LogP contribution in [-0.2, 0) is 4.74 Å². The van der Waals surface area contributed by atoms with Crippen molar-refractivity contribution in [2.24, 2.45) is 16.9 Å². The van der Waals surface area contributed by atoms with Crippen LogP contribution in [0.4, 0.5) is 0 Å². The highest BCUT2D eigenvalue weighted by atomic mass is 79.9. The quantitative estimate of drug-likeness (QED) is 0.785. The predicted molar refractivity (Wildman–Crippen MR) is 87.7 cm³/mol. The van der Waals surface area contributed by atoms with Gasteiger partial charge in [0.2, 0.25) is 0 Å². The summed E-state index contributed by atoms with van der Waals surface area (Å²) in [7, 11) is 2.04. The molecule has 3 heterocycles. The number of pyridine rings is 1. The number of hydrazone groups is 1. The molecule has 1 fully saturated rings. The van der Waals surface area contributed by atoms with E-state index in [0.717, 1.165) is 26.0 Å². The SMILES string of the molecule is Cc1cccnc1C(C1C=NN(C)C1)C1CCOC(Br)C1. The van der Waals surface area contributed by atoms with Crippen molar-refractivity contribution in [2.45, 2.75) is 30.7 Å². The van der Waals surface area contributed by atoms with Gasteiger partial charge in [0.25, 0.3) is 0 Å². The first-order chi connectivity index (χ1) is 10.1. The first-order valence-corrected chi connectivity index (χ1v) is 8.49. The molecule has 21 heavy (non-hydrogen) atoms. The topological polar surface area (TPSA) is 37.7 Å².